The van der Waals surface area contributed by atoms with Crippen molar-refractivity contribution in [3.05, 3.63) is 0 Å². The second-order valence-electron chi connectivity index (χ2n) is 2.12. The van der Waals surface area contributed by atoms with E-state index >= 15 is 0 Å². The molecule has 0 saturated heterocycles. The molecule has 1 aliphatic carbocycles. The molecule has 0 radical (unpaired) electrons. The molecule has 0 aromatic carbocycles. The van der Waals surface area contributed by atoms with Gasteiger partial charge in [0.05, 0.1) is 0 Å². The summed E-state index contributed by atoms with van der Waals surface area (Å²) in [6.45, 7) is 1.66. The summed E-state index contributed by atoms with van der Waals surface area (Å²) in [6.07, 6.45) is 2.24. The summed E-state index contributed by atoms with van der Waals surface area (Å²) in [6, 6.07) is 0.429. The highest BCUT2D eigenvalue weighted by Crippen LogP contribution is 2.17. The third-order valence-electron chi connectivity index (χ3n) is 1.15. The molecule has 0 aromatic rings. The van der Waals surface area contributed by atoms with Gasteiger partial charge in [-0.3, -0.25) is 4.79 Å². The van der Waals surface area contributed by atoms with E-state index in [0.717, 1.165) is 12.8 Å². The van der Waals surface area contributed by atoms with Gasteiger partial charge >= 0.3 is 0 Å². The van der Waals surface area contributed by atoms with Crippen LogP contribution >= 0.6 is 0 Å². The van der Waals surface area contributed by atoms with Crippen molar-refractivity contribution in [2.75, 3.05) is 0 Å². The van der Waals surface area contributed by atoms with Gasteiger partial charge in [-0.15, -0.1) is 0 Å². The van der Waals surface area contributed by atoms with E-state index in [0.29, 0.717) is 6.04 Å². The van der Waals surface area contributed by atoms with Crippen LogP contribution in [0.5, 0.6) is 0 Å². The quantitative estimate of drug-likeness (QED) is 0.499. The van der Waals surface area contributed by atoms with E-state index in [1.165, 1.54) is 0 Å². The van der Waals surface area contributed by atoms with Gasteiger partial charge in [-0.1, -0.05) is 5.92 Å². The first-order valence-electron chi connectivity index (χ1n) is 3.06. The number of nitrogens with one attached hydrogen (secondary N) is 1. The van der Waals surface area contributed by atoms with Crippen LogP contribution in [0.25, 0.3) is 0 Å². The number of hydrogen-bond acceptors (Lipinski definition) is 1. The van der Waals surface area contributed by atoms with Crippen LogP contribution in [-0.2, 0) is 4.79 Å². The average molecular weight is 123 g/mol. The van der Waals surface area contributed by atoms with E-state index < -0.39 is 0 Å². The second kappa shape index (κ2) is 2.54. The van der Waals surface area contributed by atoms with Crippen molar-refractivity contribution in [2.24, 2.45) is 0 Å². The van der Waals surface area contributed by atoms with Gasteiger partial charge < -0.3 is 5.32 Å². The standard InChI is InChI=1S/C7H9NO/c1-2-3-7(9)8-6-4-5-6/h6H,4-5H2,1H3,(H,8,9). The first kappa shape index (κ1) is 6.15. The van der Waals surface area contributed by atoms with Crippen LogP contribution in [0.15, 0.2) is 0 Å². The monoisotopic (exact) mass is 123 g/mol. The summed E-state index contributed by atoms with van der Waals surface area (Å²) < 4.78 is 0. The SMILES string of the molecule is CC#CC(=O)NC1CC1. The van der Waals surface area contributed by atoms with Crippen molar-refractivity contribution in [3.63, 3.8) is 0 Å². The normalized spacial score (nSPS) is 15.7. The molecule has 0 spiro atoms. The molecule has 0 unspecified atom stereocenters. The van der Waals surface area contributed by atoms with Crippen LogP contribution < -0.4 is 5.32 Å². The molecular weight excluding hydrogens is 114 g/mol. The van der Waals surface area contributed by atoms with E-state index in [2.05, 4.69) is 17.2 Å². The average Bonchev–Trinajstić information content (AvgIpc) is 2.50. The van der Waals surface area contributed by atoms with E-state index in [1.807, 2.05) is 0 Å². The third kappa shape index (κ3) is 2.18. The van der Waals surface area contributed by atoms with E-state index in [9.17, 15) is 4.79 Å². The highest BCUT2D eigenvalue weighted by Gasteiger charge is 2.22. The summed E-state index contributed by atoms with van der Waals surface area (Å²) in [5.41, 5.74) is 0. The molecule has 0 bridgehead atoms. The Morgan fingerprint density at radius 2 is 2.33 bits per heavy atom. The Hall–Kier alpha value is -0.970. The lowest BCUT2D eigenvalue weighted by Gasteiger charge is -1.91. The molecular formula is C7H9NO. The minimum Gasteiger partial charge on any atom is -0.343 e. The number of carbonyl (C=O) groups is 1. The third-order valence-corrected chi connectivity index (χ3v) is 1.15. The predicted octanol–water partition coefficient (Wildman–Crippen LogP) is 0.288. The fourth-order valence-electron chi connectivity index (χ4n) is 0.563. The fraction of sp³-hybridized carbons (Fsp3) is 0.571. The first-order chi connectivity index (χ1) is 4.33. The van der Waals surface area contributed by atoms with Gasteiger partial charge in [0, 0.05) is 6.04 Å². The second-order valence-corrected chi connectivity index (χ2v) is 2.12. The molecule has 1 N–H and O–H groups in total. The highest BCUT2D eigenvalue weighted by atomic mass is 16.1. The summed E-state index contributed by atoms with van der Waals surface area (Å²) in [5.74, 6) is 4.82. The van der Waals surface area contributed by atoms with Crippen LogP contribution in [0.1, 0.15) is 19.8 Å². The number of carbonyl (C=O) groups excluding carboxylic acids is 1. The summed E-state index contributed by atoms with van der Waals surface area (Å²) >= 11 is 0. The summed E-state index contributed by atoms with van der Waals surface area (Å²) in [5, 5.41) is 2.74. The van der Waals surface area contributed by atoms with Crippen LogP contribution in [0.4, 0.5) is 0 Å². The van der Waals surface area contributed by atoms with E-state index in [1.54, 1.807) is 6.92 Å². The number of rotatable bonds is 1. The lowest BCUT2D eigenvalue weighted by molar-refractivity contribution is -0.115. The highest BCUT2D eigenvalue weighted by molar-refractivity contribution is 5.93. The first-order valence-corrected chi connectivity index (χ1v) is 3.06. The smallest absolute Gasteiger partial charge is 0.296 e. The Labute approximate surface area is 54.6 Å². The van der Waals surface area contributed by atoms with Gasteiger partial charge in [0.15, 0.2) is 0 Å². The maximum atomic E-state index is 10.6. The number of amides is 1. The zero-order valence-electron chi connectivity index (χ0n) is 5.40. The van der Waals surface area contributed by atoms with Gasteiger partial charge in [0.25, 0.3) is 5.91 Å². The van der Waals surface area contributed by atoms with Crippen LogP contribution in [0.2, 0.25) is 0 Å². The van der Waals surface area contributed by atoms with Crippen molar-refractivity contribution in [2.45, 2.75) is 25.8 Å². The van der Waals surface area contributed by atoms with Crippen molar-refractivity contribution in [3.8, 4) is 11.8 Å². The van der Waals surface area contributed by atoms with Gasteiger partial charge in [0.2, 0.25) is 0 Å². The molecule has 9 heavy (non-hydrogen) atoms. The Balaban J connectivity index is 2.22. The zero-order chi connectivity index (χ0) is 6.69. The minimum absolute atomic E-state index is 0.139. The Bertz CT molecular complexity index is 171. The topological polar surface area (TPSA) is 29.1 Å². The molecule has 0 atom stereocenters. The van der Waals surface area contributed by atoms with Gasteiger partial charge in [-0.05, 0) is 25.7 Å². The fourth-order valence-corrected chi connectivity index (χ4v) is 0.563. The molecule has 2 heteroatoms. The molecule has 2 nitrogen and oxygen atoms in total. The minimum atomic E-state index is -0.139. The summed E-state index contributed by atoms with van der Waals surface area (Å²) in [4.78, 5) is 10.6. The number of hydrogen-bond donors (Lipinski definition) is 1. The van der Waals surface area contributed by atoms with Crippen LogP contribution in [0, 0.1) is 11.8 Å². The molecule has 0 heterocycles. The van der Waals surface area contributed by atoms with Gasteiger partial charge in [0.1, 0.15) is 0 Å². The Kier molecular flexibility index (Phi) is 1.74. The van der Waals surface area contributed by atoms with Crippen molar-refractivity contribution >= 4 is 5.91 Å². The molecule has 1 rings (SSSR count). The van der Waals surface area contributed by atoms with Crippen LogP contribution in [0.3, 0.4) is 0 Å². The Morgan fingerprint density at radius 3 is 2.78 bits per heavy atom. The van der Waals surface area contributed by atoms with E-state index in [4.69, 9.17) is 0 Å². The maximum absolute atomic E-state index is 10.6. The lowest BCUT2D eigenvalue weighted by Crippen LogP contribution is -2.23. The lowest BCUT2D eigenvalue weighted by atomic mass is 10.5. The van der Waals surface area contributed by atoms with Crippen molar-refractivity contribution < 1.29 is 4.79 Å². The molecule has 1 fully saturated rings. The molecule has 0 aliphatic heterocycles. The van der Waals surface area contributed by atoms with Crippen LogP contribution in [-0.4, -0.2) is 11.9 Å². The molecule has 1 amide bonds. The summed E-state index contributed by atoms with van der Waals surface area (Å²) in [7, 11) is 0. The largest absolute Gasteiger partial charge is 0.343 e. The maximum Gasteiger partial charge on any atom is 0.296 e. The zero-order valence-corrected chi connectivity index (χ0v) is 5.40. The molecule has 0 aromatic heterocycles. The molecule has 1 saturated carbocycles. The van der Waals surface area contributed by atoms with Gasteiger partial charge in [-0.25, -0.2) is 0 Å². The molecule has 1 aliphatic rings. The Morgan fingerprint density at radius 1 is 1.67 bits per heavy atom. The van der Waals surface area contributed by atoms with E-state index in [-0.39, 0.29) is 5.91 Å². The van der Waals surface area contributed by atoms with Gasteiger partial charge in [-0.2, -0.15) is 0 Å². The van der Waals surface area contributed by atoms with Crippen molar-refractivity contribution in [1.82, 2.24) is 5.32 Å². The van der Waals surface area contributed by atoms with Crippen molar-refractivity contribution in [1.29, 1.82) is 0 Å². The molecule has 48 valence electrons. The predicted molar refractivity (Wildman–Crippen MR) is 34.6 cm³/mol.